The summed E-state index contributed by atoms with van der Waals surface area (Å²) < 4.78 is 11.5. The van der Waals surface area contributed by atoms with Gasteiger partial charge in [-0.3, -0.25) is 0 Å². The summed E-state index contributed by atoms with van der Waals surface area (Å²) in [6.07, 6.45) is 5.44. The highest BCUT2D eigenvalue weighted by Crippen LogP contribution is 2.50. The normalized spacial score (nSPS) is 33.6. The van der Waals surface area contributed by atoms with E-state index in [0.717, 1.165) is 14.3 Å². The highest BCUT2D eigenvalue weighted by Gasteiger charge is 2.42. The molecule has 110 valence electrons. The monoisotopic (exact) mass is 292 g/mol. The fourth-order valence-corrected chi connectivity index (χ4v) is 6.27. The Kier molecular flexibility index (Phi) is 3.81. The van der Waals surface area contributed by atoms with Gasteiger partial charge in [0.05, 0.1) is 13.2 Å². The van der Waals surface area contributed by atoms with Gasteiger partial charge in [0.1, 0.15) is 5.75 Å². The lowest BCUT2D eigenvalue weighted by molar-refractivity contribution is 0.0926. The molecule has 0 saturated heterocycles. The van der Waals surface area contributed by atoms with Gasteiger partial charge in [0.2, 0.25) is 0 Å². The molecule has 0 radical (unpaired) electrons. The fraction of sp³-hybridized carbons (Fsp3) is 0.647. The first kappa shape index (κ1) is 14.4. The number of fused-ring (bicyclic) bond motifs is 4. The number of hydrogen-bond acceptors (Lipinski definition) is 2. The SMILES string of the molecule is COc1cc(C)cc2c1PC1CC2(C)CCCC1OC. The van der Waals surface area contributed by atoms with Gasteiger partial charge in [0, 0.05) is 18.1 Å². The summed E-state index contributed by atoms with van der Waals surface area (Å²) in [5, 5.41) is 1.46. The van der Waals surface area contributed by atoms with Gasteiger partial charge in [0.25, 0.3) is 0 Å². The standard InChI is InChI=1S/C17H25O2P/c1-11-8-12-16(14(9-11)19-4)20-15-10-17(12,2)7-5-6-13(15)18-3/h8-9,13,15,20H,5-7,10H2,1-4H3. The molecule has 2 nitrogen and oxygen atoms in total. The smallest absolute Gasteiger partial charge is 0.126 e. The van der Waals surface area contributed by atoms with Gasteiger partial charge in [-0.1, -0.05) is 21.6 Å². The van der Waals surface area contributed by atoms with Crippen LogP contribution in [0.4, 0.5) is 0 Å². The minimum atomic E-state index is 0.303. The van der Waals surface area contributed by atoms with E-state index in [4.69, 9.17) is 9.47 Å². The van der Waals surface area contributed by atoms with Crippen LogP contribution in [0.15, 0.2) is 12.1 Å². The topological polar surface area (TPSA) is 18.5 Å². The zero-order chi connectivity index (χ0) is 14.3. The van der Waals surface area contributed by atoms with Crippen LogP contribution in [-0.4, -0.2) is 26.0 Å². The van der Waals surface area contributed by atoms with Crippen LogP contribution >= 0.6 is 8.58 Å². The summed E-state index contributed by atoms with van der Waals surface area (Å²) in [6.45, 7) is 4.62. The molecule has 1 aliphatic heterocycles. The van der Waals surface area contributed by atoms with Crippen LogP contribution in [0.1, 0.15) is 43.7 Å². The Morgan fingerprint density at radius 2 is 2.10 bits per heavy atom. The van der Waals surface area contributed by atoms with E-state index in [1.54, 1.807) is 12.7 Å². The van der Waals surface area contributed by atoms with Gasteiger partial charge in [-0.25, -0.2) is 0 Å². The summed E-state index contributed by atoms with van der Waals surface area (Å²) in [4.78, 5) is 0. The van der Waals surface area contributed by atoms with Gasteiger partial charge >= 0.3 is 0 Å². The minimum absolute atomic E-state index is 0.303. The van der Waals surface area contributed by atoms with Crippen molar-refractivity contribution in [3.05, 3.63) is 23.3 Å². The molecule has 4 atom stereocenters. The van der Waals surface area contributed by atoms with Crippen LogP contribution in [0.3, 0.4) is 0 Å². The second-order valence-electron chi connectivity index (χ2n) is 6.57. The first-order chi connectivity index (χ1) is 9.57. The van der Waals surface area contributed by atoms with Crippen molar-refractivity contribution in [3.8, 4) is 5.75 Å². The van der Waals surface area contributed by atoms with Crippen LogP contribution in [0.5, 0.6) is 5.75 Å². The molecule has 1 aliphatic carbocycles. The van der Waals surface area contributed by atoms with E-state index in [1.807, 2.05) is 7.11 Å². The van der Waals surface area contributed by atoms with Crippen molar-refractivity contribution in [1.82, 2.24) is 0 Å². The molecule has 1 saturated carbocycles. The van der Waals surface area contributed by atoms with E-state index >= 15 is 0 Å². The maximum absolute atomic E-state index is 5.78. The highest BCUT2D eigenvalue weighted by molar-refractivity contribution is 7.48. The summed E-state index contributed by atoms with van der Waals surface area (Å²) in [5.74, 6) is 1.09. The summed E-state index contributed by atoms with van der Waals surface area (Å²) >= 11 is 0. The molecule has 0 spiro atoms. The molecule has 4 unspecified atom stereocenters. The van der Waals surface area contributed by atoms with E-state index in [1.165, 1.54) is 36.6 Å². The van der Waals surface area contributed by atoms with Gasteiger partial charge in [0.15, 0.2) is 0 Å². The first-order valence-corrected chi connectivity index (χ1v) is 8.63. The zero-order valence-electron chi connectivity index (χ0n) is 13.0. The number of aryl methyl sites for hydroxylation is 1. The van der Waals surface area contributed by atoms with Crippen molar-refractivity contribution < 1.29 is 9.47 Å². The van der Waals surface area contributed by atoms with Crippen LogP contribution in [-0.2, 0) is 10.2 Å². The Labute approximate surface area is 124 Å². The third kappa shape index (κ3) is 2.27. The summed E-state index contributed by atoms with van der Waals surface area (Å²) in [5.41, 5.74) is 3.83. The van der Waals surface area contributed by atoms with Crippen LogP contribution in [0.2, 0.25) is 0 Å². The molecule has 0 aromatic heterocycles. The third-order valence-corrected chi connectivity index (χ3v) is 6.84. The number of methoxy groups -OCH3 is 2. The minimum Gasteiger partial charge on any atom is -0.496 e. The molecule has 1 aromatic rings. The molecule has 20 heavy (non-hydrogen) atoms. The quantitative estimate of drug-likeness (QED) is 0.776. The largest absolute Gasteiger partial charge is 0.496 e. The highest BCUT2D eigenvalue weighted by atomic mass is 31.1. The molecule has 1 aromatic carbocycles. The zero-order valence-corrected chi connectivity index (χ0v) is 14.0. The molecule has 1 heterocycles. The molecule has 1 fully saturated rings. The molecule has 0 amide bonds. The van der Waals surface area contributed by atoms with Gasteiger partial charge < -0.3 is 9.47 Å². The Morgan fingerprint density at radius 3 is 2.80 bits per heavy atom. The average molecular weight is 292 g/mol. The number of hydrogen-bond donors (Lipinski definition) is 0. The number of rotatable bonds is 2. The maximum atomic E-state index is 5.78. The van der Waals surface area contributed by atoms with Gasteiger partial charge in [-0.15, -0.1) is 0 Å². The van der Waals surface area contributed by atoms with Crippen molar-refractivity contribution in [2.45, 2.75) is 56.7 Å². The predicted octanol–water partition coefficient (Wildman–Crippen LogP) is 3.54. The molecule has 3 heteroatoms. The summed E-state index contributed by atoms with van der Waals surface area (Å²) in [7, 11) is 4.49. The van der Waals surface area contributed by atoms with Gasteiger partial charge in [-0.05, 0) is 55.2 Å². The molecule has 3 rings (SSSR count). The van der Waals surface area contributed by atoms with Crippen molar-refractivity contribution in [1.29, 1.82) is 0 Å². The van der Waals surface area contributed by atoms with Crippen LogP contribution in [0.25, 0.3) is 0 Å². The van der Waals surface area contributed by atoms with E-state index < -0.39 is 0 Å². The van der Waals surface area contributed by atoms with Crippen molar-refractivity contribution >= 4 is 13.9 Å². The Hall–Kier alpha value is -0.590. The third-order valence-electron chi connectivity index (χ3n) is 5.09. The van der Waals surface area contributed by atoms with Crippen LogP contribution in [0, 0.1) is 6.92 Å². The molecular formula is C17H25O2P. The van der Waals surface area contributed by atoms with Crippen molar-refractivity contribution in [3.63, 3.8) is 0 Å². The average Bonchev–Trinajstić information content (AvgIpc) is 2.56. The Bertz CT molecular complexity index is 514. The second kappa shape index (κ2) is 5.31. The predicted molar refractivity (Wildman–Crippen MR) is 86.1 cm³/mol. The van der Waals surface area contributed by atoms with Crippen LogP contribution < -0.4 is 10.0 Å². The second-order valence-corrected chi connectivity index (χ2v) is 8.10. The Balaban J connectivity index is 2.12. The van der Waals surface area contributed by atoms with Gasteiger partial charge in [-0.2, -0.15) is 0 Å². The summed E-state index contributed by atoms with van der Waals surface area (Å²) in [6, 6.07) is 4.59. The van der Waals surface area contributed by atoms with E-state index in [9.17, 15) is 0 Å². The number of benzene rings is 1. The van der Waals surface area contributed by atoms with E-state index in [2.05, 4.69) is 26.0 Å². The van der Waals surface area contributed by atoms with Crippen molar-refractivity contribution in [2.75, 3.05) is 14.2 Å². The lowest BCUT2D eigenvalue weighted by atomic mass is 9.75. The molecular weight excluding hydrogens is 267 g/mol. The maximum Gasteiger partial charge on any atom is 0.126 e. The number of ether oxygens (including phenoxy) is 2. The molecule has 2 bridgehead atoms. The molecule has 0 N–H and O–H groups in total. The van der Waals surface area contributed by atoms with E-state index in [-0.39, 0.29) is 0 Å². The Morgan fingerprint density at radius 1 is 1.30 bits per heavy atom. The lowest BCUT2D eigenvalue weighted by Gasteiger charge is -2.40. The fourth-order valence-electron chi connectivity index (χ4n) is 4.01. The first-order valence-electron chi connectivity index (χ1n) is 7.56. The van der Waals surface area contributed by atoms with Crippen molar-refractivity contribution in [2.24, 2.45) is 0 Å². The lowest BCUT2D eigenvalue weighted by Crippen LogP contribution is -2.39. The van der Waals surface area contributed by atoms with E-state index in [0.29, 0.717) is 17.2 Å². The molecule has 2 aliphatic rings.